The van der Waals surface area contributed by atoms with Crippen LogP contribution in [0.15, 0.2) is 53.5 Å². The van der Waals surface area contributed by atoms with Gasteiger partial charge in [-0.15, -0.1) is 24.0 Å². The van der Waals surface area contributed by atoms with Gasteiger partial charge in [-0.05, 0) is 42.7 Å². The molecule has 0 aliphatic rings. The lowest BCUT2D eigenvalue weighted by Gasteiger charge is -2.12. The van der Waals surface area contributed by atoms with Crippen LogP contribution in [0.2, 0.25) is 0 Å². The molecule has 0 radical (unpaired) electrons. The third kappa shape index (κ3) is 8.69. The second kappa shape index (κ2) is 13.1. The lowest BCUT2D eigenvalue weighted by molar-refractivity contribution is -0.120. The van der Waals surface area contributed by atoms with Crippen molar-refractivity contribution in [3.8, 4) is 0 Å². The molecule has 0 heterocycles. The van der Waals surface area contributed by atoms with Crippen LogP contribution in [-0.4, -0.2) is 31.5 Å². The largest absolute Gasteiger partial charge is 0.357 e. The van der Waals surface area contributed by atoms with Gasteiger partial charge in [0, 0.05) is 19.6 Å². The van der Waals surface area contributed by atoms with E-state index in [0.717, 1.165) is 6.54 Å². The van der Waals surface area contributed by atoms with E-state index >= 15 is 0 Å². The van der Waals surface area contributed by atoms with Crippen LogP contribution >= 0.6 is 24.0 Å². The molecule has 0 unspecified atom stereocenters. The molecule has 0 atom stereocenters. The number of halogens is 2. The molecule has 7 heteroatoms. The van der Waals surface area contributed by atoms with E-state index in [1.54, 1.807) is 12.1 Å². The number of aryl methyl sites for hydroxylation is 1. The van der Waals surface area contributed by atoms with Gasteiger partial charge in [-0.25, -0.2) is 9.38 Å². The highest BCUT2D eigenvalue weighted by atomic mass is 127. The summed E-state index contributed by atoms with van der Waals surface area (Å²) in [4.78, 5) is 16.5. The number of rotatable bonds is 8. The van der Waals surface area contributed by atoms with E-state index in [4.69, 9.17) is 0 Å². The molecule has 2 aromatic rings. The Bertz CT molecular complexity index is 783. The number of nitrogens with zero attached hydrogens (tertiary/aromatic N) is 1. The maximum atomic E-state index is 13.1. The first-order valence-electron chi connectivity index (χ1n) is 9.16. The average molecular weight is 498 g/mol. The molecule has 152 valence electrons. The van der Waals surface area contributed by atoms with Crippen LogP contribution in [0.3, 0.4) is 0 Å². The highest BCUT2D eigenvalue weighted by molar-refractivity contribution is 14.0. The quantitative estimate of drug-likeness (QED) is 0.227. The Morgan fingerprint density at radius 3 is 2.50 bits per heavy atom. The summed E-state index contributed by atoms with van der Waals surface area (Å²) in [6.07, 6.45) is 0.166. The molecule has 0 aliphatic heterocycles. The Balaban J connectivity index is 0.00000392. The molecule has 2 aromatic carbocycles. The zero-order chi connectivity index (χ0) is 19.5. The van der Waals surface area contributed by atoms with Gasteiger partial charge in [-0.2, -0.15) is 0 Å². The van der Waals surface area contributed by atoms with Crippen molar-refractivity contribution < 1.29 is 9.18 Å². The van der Waals surface area contributed by atoms with Gasteiger partial charge in [-0.3, -0.25) is 4.79 Å². The molecule has 0 aliphatic carbocycles. The summed E-state index contributed by atoms with van der Waals surface area (Å²) in [6, 6.07) is 14.2. The molecule has 5 nitrogen and oxygen atoms in total. The van der Waals surface area contributed by atoms with E-state index in [0.29, 0.717) is 31.2 Å². The Hall–Kier alpha value is -2.16. The van der Waals surface area contributed by atoms with E-state index in [1.165, 1.54) is 23.3 Å². The van der Waals surface area contributed by atoms with E-state index in [1.807, 2.05) is 19.1 Å². The summed E-state index contributed by atoms with van der Waals surface area (Å²) in [6.45, 7) is 6.43. The third-order valence-corrected chi connectivity index (χ3v) is 4.01. The lowest BCUT2D eigenvalue weighted by Crippen LogP contribution is -2.41. The summed E-state index contributed by atoms with van der Waals surface area (Å²) < 4.78 is 13.1. The number of guanidine groups is 1. The van der Waals surface area contributed by atoms with E-state index in [-0.39, 0.29) is 42.1 Å². The van der Waals surface area contributed by atoms with Gasteiger partial charge in [0.1, 0.15) is 5.82 Å². The van der Waals surface area contributed by atoms with Crippen LogP contribution in [0.25, 0.3) is 0 Å². The molecule has 0 fully saturated rings. The van der Waals surface area contributed by atoms with Crippen molar-refractivity contribution in [2.24, 2.45) is 4.99 Å². The second-order valence-corrected chi connectivity index (χ2v) is 6.21. The van der Waals surface area contributed by atoms with Crippen LogP contribution in [0.4, 0.5) is 4.39 Å². The zero-order valence-corrected chi connectivity index (χ0v) is 18.6. The SMILES string of the molecule is CCNC(=NCc1ccccc1C)NCCNC(=O)Cc1cccc(F)c1.I. The Morgan fingerprint density at radius 2 is 1.79 bits per heavy atom. The van der Waals surface area contributed by atoms with Crippen LogP contribution < -0.4 is 16.0 Å². The summed E-state index contributed by atoms with van der Waals surface area (Å²) >= 11 is 0. The Kier molecular flexibility index (Phi) is 11.2. The van der Waals surface area contributed by atoms with Crippen molar-refractivity contribution in [3.63, 3.8) is 0 Å². The van der Waals surface area contributed by atoms with Gasteiger partial charge in [0.05, 0.1) is 13.0 Å². The molecule has 3 N–H and O–H groups in total. The highest BCUT2D eigenvalue weighted by Gasteiger charge is 2.04. The Labute approximate surface area is 183 Å². The maximum Gasteiger partial charge on any atom is 0.224 e. The van der Waals surface area contributed by atoms with E-state index in [9.17, 15) is 9.18 Å². The van der Waals surface area contributed by atoms with Gasteiger partial charge in [0.15, 0.2) is 5.96 Å². The molecule has 2 rings (SSSR count). The second-order valence-electron chi connectivity index (χ2n) is 6.21. The minimum atomic E-state index is -0.331. The molecular weight excluding hydrogens is 470 g/mol. The normalized spacial score (nSPS) is 10.8. The van der Waals surface area contributed by atoms with E-state index in [2.05, 4.69) is 40.0 Å². The van der Waals surface area contributed by atoms with Crippen molar-refractivity contribution in [2.45, 2.75) is 26.8 Å². The van der Waals surface area contributed by atoms with Crippen molar-refractivity contribution in [3.05, 3.63) is 71.0 Å². The maximum absolute atomic E-state index is 13.1. The van der Waals surface area contributed by atoms with Gasteiger partial charge in [0.2, 0.25) is 5.91 Å². The third-order valence-electron chi connectivity index (χ3n) is 4.01. The Morgan fingerprint density at radius 1 is 1.04 bits per heavy atom. The zero-order valence-electron chi connectivity index (χ0n) is 16.3. The predicted molar refractivity (Wildman–Crippen MR) is 123 cm³/mol. The van der Waals surface area contributed by atoms with Gasteiger partial charge >= 0.3 is 0 Å². The summed E-state index contributed by atoms with van der Waals surface area (Å²) in [5, 5.41) is 9.22. The number of aliphatic imine (C=N–C) groups is 1. The van der Waals surface area contributed by atoms with Gasteiger partial charge in [0.25, 0.3) is 0 Å². The molecule has 0 saturated heterocycles. The molecule has 0 saturated carbocycles. The molecule has 28 heavy (non-hydrogen) atoms. The summed E-state index contributed by atoms with van der Waals surface area (Å²) in [5.74, 6) is 0.242. The number of hydrogen-bond donors (Lipinski definition) is 3. The average Bonchev–Trinajstić information content (AvgIpc) is 2.64. The first-order chi connectivity index (χ1) is 13.1. The van der Waals surface area contributed by atoms with Crippen LogP contribution in [-0.2, 0) is 17.8 Å². The molecule has 0 spiro atoms. The minimum Gasteiger partial charge on any atom is -0.357 e. The van der Waals surface area contributed by atoms with Gasteiger partial charge < -0.3 is 16.0 Å². The summed E-state index contributed by atoms with van der Waals surface area (Å²) in [5.41, 5.74) is 3.05. The van der Waals surface area contributed by atoms with Crippen molar-refractivity contribution in [2.75, 3.05) is 19.6 Å². The topological polar surface area (TPSA) is 65.5 Å². The standard InChI is InChI=1S/C21H27FN4O.HI/c1-3-23-21(26-15-18-9-5-4-7-16(18)2)25-12-11-24-20(27)14-17-8-6-10-19(22)13-17;/h4-10,13H,3,11-12,14-15H2,1-2H3,(H,24,27)(H2,23,25,26);1H. The number of hydrogen-bond acceptors (Lipinski definition) is 2. The fraction of sp³-hybridized carbons (Fsp3) is 0.333. The first-order valence-corrected chi connectivity index (χ1v) is 9.16. The smallest absolute Gasteiger partial charge is 0.224 e. The summed E-state index contributed by atoms with van der Waals surface area (Å²) in [7, 11) is 0. The molecule has 1 amide bonds. The number of carbonyl (C=O) groups is 1. The van der Waals surface area contributed by atoms with Crippen LogP contribution in [0, 0.1) is 12.7 Å². The van der Waals surface area contributed by atoms with Gasteiger partial charge in [-0.1, -0.05) is 36.4 Å². The fourth-order valence-corrected chi connectivity index (χ4v) is 2.57. The molecule has 0 bridgehead atoms. The highest BCUT2D eigenvalue weighted by Crippen LogP contribution is 2.07. The van der Waals surface area contributed by atoms with Crippen molar-refractivity contribution in [1.29, 1.82) is 0 Å². The monoisotopic (exact) mass is 498 g/mol. The minimum absolute atomic E-state index is 0. The molecule has 0 aromatic heterocycles. The number of benzene rings is 2. The van der Waals surface area contributed by atoms with Crippen LogP contribution in [0.1, 0.15) is 23.6 Å². The number of carbonyl (C=O) groups excluding carboxylic acids is 1. The van der Waals surface area contributed by atoms with Crippen LogP contribution in [0.5, 0.6) is 0 Å². The lowest BCUT2D eigenvalue weighted by atomic mass is 10.1. The number of amides is 1. The van der Waals surface area contributed by atoms with Crippen molar-refractivity contribution in [1.82, 2.24) is 16.0 Å². The van der Waals surface area contributed by atoms with E-state index < -0.39 is 0 Å². The van der Waals surface area contributed by atoms with Crippen molar-refractivity contribution >= 4 is 35.8 Å². The fourth-order valence-electron chi connectivity index (χ4n) is 2.57. The number of nitrogens with one attached hydrogen (secondary N) is 3. The molecular formula is C21H28FIN4O. The first kappa shape index (κ1) is 23.9. The predicted octanol–water partition coefficient (Wildman–Crippen LogP) is 3.17.